The van der Waals surface area contributed by atoms with Crippen molar-refractivity contribution >= 4 is 82.3 Å². The molecule has 15 heteroatoms. The highest BCUT2D eigenvalue weighted by Crippen LogP contribution is 2.27. The molecule has 0 saturated carbocycles. The van der Waals surface area contributed by atoms with Gasteiger partial charge < -0.3 is 20.5 Å². The minimum absolute atomic E-state index is 0.00228. The van der Waals surface area contributed by atoms with Crippen molar-refractivity contribution in [3.05, 3.63) is 132 Å². The molecule has 0 aliphatic carbocycles. The second-order valence-corrected chi connectivity index (χ2v) is 15.0. The number of carboxylic acids is 1. The van der Waals surface area contributed by atoms with Crippen LogP contribution in [0.1, 0.15) is 26.3 Å². The van der Waals surface area contributed by atoms with E-state index in [1.54, 1.807) is 55.5 Å². The van der Waals surface area contributed by atoms with Crippen LogP contribution >= 0.6 is 0 Å². The van der Waals surface area contributed by atoms with E-state index in [-0.39, 0.29) is 32.3 Å². The SMILES string of the molecule is COC(=O)c1ccc(NS(=O)(=O)c2ccc3cc(NC(=O)Nc4ccc5cc(S(=O)(=O)Nc6ccc(C(=O)O)c(C)c6)ccc5c4)ccc3c2)cc1. The maximum atomic E-state index is 13.1. The van der Waals surface area contributed by atoms with Gasteiger partial charge in [0.1, 0.15) is 0 Å². The van der Waals surface area contributed by atoms with Crippen LogP contribution in [0.3, 0.4) is 0 Å². The number of rotatable bonds is 10. The lowest BCUT2D eigenvalue weighted by molar-refractivity contribution is 0.0599. The average molecular weight is 739 g/mol. The molecule has 13 nitrogen and oxygen atoms in total. The Morgan fingerprint density at radius 1 is 0.558 bits per heavy atom. The van der Waals surface area contributed by atoms with Crippen LogP contribution in [0.25, 0.3) is 21.5 Å². The zero-order chi connectivity index (χ0) is 37.2. The molecule has 0 aliphatic heterocycles. The number of methoxy groups -OCH3 is 1. The average Bonchev–Trinajstić information content (AvgIpc) is 3.10. The molecule has 0 saturated heterocycles. The van der Waals surface area contributed by atoms with E-state index in [9.17, 15) is 36.3 Å². The highest BCUT2D eigenvalue weighted by atomic mass is 32.2. The number of nitrogens with one attached hydrogen (secondary N) is 4. The summed E-state index contributed by atoms with van der Waals surface area (Å²) in [6, 6.07) is 28.6. The summed E-state index contributed by atoms with van der Waals surface area (Å²) in [4.78, 5) is 35.8. The Balaban J connectivity index is 1.10. The Hall–Kier alpha value is -6.45. The lowest BCUT2D eigenvalue weighted by Crippen LogP contribution is -2.19. The summed E-state index contributed by atoms with van der Waals surface area (Å²) in [6.07, 6.45) is 0. The molecule has 0 fully saturated rings. The van der Waals surface area contributed by atoms with Gasteiger partial charge in [-0.25, -0.2) is 31.2 Å². The number of esters is 1. The standard InChI is InChI=1S/C37H30N4O9S2/c1-22-17-31(13-16-34(22)35(42)43)41-52(48,49)33-15-8-25-19-30(12-6-27(25)21-33)39-37(45)38-29-11-5-26-20-32(14-7-24(26)18-29)51(46,47)40-28-9-3-23(4-10-28)36(44)50-2/h3-21,40-41H,1-2H3,(H,42,43)(H2,38,39,45). The fourth-order valence-electron chi connectivity index (χ4n) is 5.42. The third-order valence-corrected chi connectivity index (χ3v) is 10.8. The van der Waals surface area contributed by atoms with E-state index in [0.29, 0.717) is 38.5 Å². The lowest BCUT2D eigenvalue weighted by atomic mass is 10.1. The first-order valence-electron chi connectivity index (χ1n) is 15.4. The molecule has 0 unspecified atom stereocenters. The number of sulfonamides is 2. The Morgan fingerprint density at radius 2 is 1.00 bits per heavy atom. The van der Waals surface area contributed by atoms with Gasteiger partial charge >= 0.3 is 18.0 Å². The van der Waals surface area contributed by atoms with Gasteiger partial charge in [-0.15, -0.1) is 0 Å². The molecule has 6 aromatic rings. The molecule has 6 aromatic carbocycles. The van der Waals surface area contributed by atoms with Crippen LogP contribution in [0.5, 0.6) is 0 Å². The molecule has 0 spiro atoms. The van der Waals surface area contributed by atoms with E-state index >= 15 is 0 Å². The molecule has 2 amide bonds. The minimum Gasteiger partial charge on any atom is -0.478 e. The first-order valence-corrected chi connectivity index (χ1v) is 18.4. The quantitative estimate of drug-likeness (QED) is 0.0916. The second kappa shape index (κ2) is 14.0. The number of amides is 2. The molecule has 264 valence electrons. The van der Waals surface area contributed by atoms with Crippen molar-refractivity contribution in [2.24, 2.45) is 0 Å². The Morgan fingerprint density at radius 3 is 1.48 bits per heavy atom. The van der Waals surface area contributed by atoms with Gasteiger partial charge in [0, 0.05) is 22.7 Å². The summed E-state index contributed by atoms with van der Waals surface area (Å²) in [5.74, 6) is -1.64. The maximum absolute atomic E-state index is 13.1. The topological polar surface area (TPSA) is 197 Å². The van der Waals surface area contributed by atoms with Gasteiger partial charge in [0.2, 0.25) is 0 Å². The Bertz CT molecular complexity index is 2630. The molecular formula is C37H30N4O9S2. The number of carboxylic acid groups (broad SMARTS) is 1. The Kier molecular flexibility index (Phi) is 9.56. The number of fused-ring (bicyclic) bond motifs is 2. The molecule has 5 N–H and O–H groups in total. The highest BCUT2D eigenvalue weighted by Gasteiger charge is 2.18. The van der Waals surface area contributed by atoms with E-state index in [1.165, 1.54) is 73.8 Å². The van der Waals surface area contributed by atoms with E-state index in [2.05, 4.69) is 24.8 Å². The second-order valence-electron chi connectivity index (χ2n) is 11.6. The van der Waals surface area contributed by atoms with Crippen LogP contribution in [0.4, 0.5) is 27.5 Å². The normalized spacial score (nSPS) is 11.5. The van der Waals surface area contributed by atoms with Crippen LogP contribution < -0.4 is 20.1 Å². The van der Waals surface area contributed by atoms with E-state index in [1.807, 2.05) is 0 Å². The van der Waals surface area contributed by atoms with Crippen LogP contribution in [0, 0.1) is 6.92 Å². The van der Waals surface area contributed by atoms with Crippen molar-refractivity contribution in [3.63, 3.8) is 0 Å². The number of anilines is 4. The number of benzene rings is 6. The van der Waals surface area contributed by atoms with Crippen molar-refractivity contribution in [1.29, 1.82) is 0 Å². The van der Waals surface area contributed by atoms with Crippen molar-refractivity contribution in [2.75, 3.05) is 27.2 Å². The maximum Gasteiger partial charge on any atom is 0.337 e. The van der Waals surface area contributed by atoms with Crippen molar-refractivity contribution in [1.82, 2.24) is 0 Å². The van der Waals surface area contributed by atoms with Gasteiger partial charge in [0.25, 0.3) is 20.0 Å². The van der Waals surface area contributed by atoms with Gasteiger partial charge in [0.05, 0.1) is 28.0 Å². The summed E-state index contributed by atoms with van der Waals surface area (Å²) in [6.45, 7) is 1.58. The molecule has 52 heavy (non-hydrogen) atoms. The molecule has 0 heterocycles. The largest absolute Gasteiger partial charge is 0.478 e. The van der Waals surface area contributed by atoms with Crippen molar-refractivity contribution in [3.8, 4) is 0 Å². The highest BCUT2D eigenvalue weighted by molar-refractivity contribution is 7.93. The number of carbonyl (C=O) groups excluding carboxylic acids is 2. The molecule has 0 aliphatic rings. The number of aryl methyl sites for hydroxylation is 1. The van der Waals surface area contributed by atoms with Crippen molar-refractivity contribution < 1.29 is 41.1 Å². The number of ether oxygens (including phenoxy) is 1. The number of aromatic carboxylic acids is 1. The number of carbonyl (C=O) groups is 3. The van der Waals surface area contributed by atoms with Gasteiger partial charge in [-0.05, 0) is 125 Å². The van der Waals surface area contributed by atoms with E-state index < -0.39 is 38.0 Å². The summed E-state index contributed by atoms with van der Waals surface area (Å²) in [7, 11) is -6.67. The third-order valence-electron chi connectivity index (χ3n) is 8.03. The van der Waals surface area contributed by atoms with E-state index in [0.717, 1.165) is 0 Å². The van der Waals surface area contributed by atoms with Crippen LogP contribution in [-0.4, -0.2) is 47.0 Å². The monoisotopic (exact) mass is 738 g/mol. The predicted octanol–water partition coefficient (Wildman–Crippen LogP) is 7.03. The molecular weight excluding hydrogens is 709 g/mol. The van der Waals surface area contributed by atoms with Crippen LogP contribution in [0.15, 0.2) is 125 Å². The summed E-state index contributed by atoms with van der Waals surface area (Å²) in [5.41, 5.74) is 2.18. The van der Waals surface area contributed by atoms with Crippen LogP contribution in [0.2, 0.25) is 0 Å². The minimum atomic E-state index is -3.98. The predicted molar refractivity (Wildman–Crippen MR) is 198 cm³/mol. The zero-order valence-corrected chi connectivity index (χ0v) is 29.1. The zero-order valence-electron chi connectivity index (χ0n) is 27.5. The first kappa shape index (κ1) is 35.4. The summed E-state index contributed by atoms with van der Waals surface area (Å²) >= 11 is 0. The lowest BCUT2D eigenvalue weighted by Gasteiger charge is -2.12. The molecule has 0 radical (unpaired) electrons. The molecule has 0 aromatic heterocycles. The first-order chi connectivity index (χ1) is 24.7. The molecule has 6 rings (SSSR count). The number of hydrogen-bond donors (Lipinski definition) is 5. The summed E-state index contributed by atoms with van der Waals surface area (Å²) in [5, 5.41) is 17.3. The smallest absolute Gasteiger partial charge is 0.337 e. The summed E-state index contributed by atoms with van der Waals surface area (Å²) < 4.78 is 61.8. The van der Waals surface area contributed by atoms with Gasteiger partial charge in [-0.2, -0.15) is 0 Å². The van der Waals surface area contributed by atoms with Gasteiger partial charge in [-0.1, -0.05) is 24.3 Å². The Labute approximate surface area is 298 Å². The fraction of sp³-hybridized carbons (Fsp3) is 0.0541. The molecule has 0 bridgehead atoms. The number of urea groups is 1. The van der Waals surface area contributed by atoms with Crippen molar-refractivity contribution in [2.45, 2.75) is 16.7 Å². The number of hydrogen-bond acceptors (Lipinski definition) is 8. The van der Waals surface area contributed by atoms with Crippen LogP contribution in [-0.2, 0) is 24.8 Å². The third kappa shape index (κ3) is 7.80. The van der Waals surface area contributed by atoms with Gasteiger partial charge in [-0.3, -0.25) is 9.44 Å². The molecule has 0 atom stereocenters. The van der Waals surface area contributed by atoms with Gasteiger partial charge in [0.15, 0.2) is 0 Å². The fourth-order valence-corrected chi connectivity index (χ4v) is 7.60. The van der Waals surface area contributed by atoms with E-state index in [4.69, 9.17) is 0 Å².